The molecule has 1 aromatic rings. The lowest BCUT2D eigenvalue weighted by Gasteiger charge is -2.11. The van der Waals surface area contributed by atoms with Crippen molar-refractivity contribution in [2.75, 3.05) is 13.1 Å². The van der Waals surface area contributed by atoms with Crippen LogP contribution in [0.4, 0.5) is 0 Å². The molecule has 0 aliphatic heterocycles. The van der Waals surface area contributed by atoms with Gasteiger partial charge in [-0.25, -0.2) is 0 Å². The molecule has 1 amide bonds. The summed E-state index contributed by atoms with van der Waals surface area (Å²) in [5.41, 5.74) is 1.18. The predicted molar refractivity (Wildman–Crippen MR) is 67.7 cm³/mol. The molecule has 17 heavy (non-hydrogen) atoms. The normalized spacial score (nSPS) is 12.4. The SMILES string of the molecule is CCC(C)NC(=O)CNCCc1cnn(C)c1. The van der Waals surface area contributed by atoms with E-state index in [2.05, 4.69) is 22.7 Å². The molecule has 5 heteroatoms. The summed E-state index contributed by atoms with van der Waals surface area (Å²) in [5, 5.41) is 10.1. The predicted octanol–water partition coefficient (Wildman–Crippen LogP) is 0.467. The van der Waals surface area contributed by atoms with Gasteiger partial charge in [0.05, 0.1) is 12.7 Å². The van der Waals surface area contributed by atoms with Crippen molar-refractivity contribution in [3.8, 4) is 0 Å². The summed E-state index contributed by atoms with van der Waals surface area (Å²) in [7, 11) is 1.90. The van der Waals surface area contributed by atoms with Crippen LogP contribution in [-0.2, 0) is 18.3 Å². The molecule has 0 aliphatic rings. The first-order valence-corrected chi connectivity index (χ1v) is 6.09. The van der Waals surface area contributed by atoms with Crippen molar-refractivity contribution in [2.24, 2.45) is 7.05 Å². The van der Waals surface area contributed by atoms with Gasteiger partial charge in [0.15, 0.2) is 0 Å². The van der Waals surface area contributed by atoms with E-state index in [1.54, 1.807) is 4.68 Å². The van der Waals surface area contributed by atoms with Crippen LogP contribution in [0.25, 0.3) is 0 Å². The average Bonchev–Trinajstić information content (AvgIpc) is 2.70. The molecule has 1 heterocycles. The van der Waals surface area contributed by atoms with Crippen molar-refractivity contribution in [2.45, 2.75) is 32.7 Å². The molecule has 0 aromatic carbocycles. The quantitative estimate of drug-likeness (QED) is 0.679. The monoisotopic (exact) mass is 238 g/mol. The number of rotatable bonds is 7. The third-order valence-electron chi connectivity index (χ3n) is 2.65. The molecular weight excluding hydrogens is 216 g/mol. The Morgan fingerprint density at radius 2 is 2.35 bits per heavy atom. The third kappa shape index (κ3) is 5.49. The molecule has 0 saturated carbocycles. The van der Waals surface area contributed by atoms with Gasteiger partial charge in [-0.2, -0.15) is 5.10 Å². The number of hydrogen-bond donors (Lipinski definition) is 2. The molecule has 0 saturated heterocycles. The van der Waals surface area contributed by atoms with E-state index in [4.69, 9.17) is 0 Å². The number of hydrogen-bond acceptors (Lipinski definition) is 3. The highest BCUT2D eigenvalue weighted by Crippen LogP contribution is 1.95. The molecular formula is C12H22N4O. The van der Waals surface area contributed by atoms with Crippen LogP contribution >= 0.6 is 0 Å². The fourth-order valence-electron chi connectivity index (χ4n) is 1.46. The second-order valence-corrected chi connectivity index (χ2v) is 4.33. The number of aromatic nitrogens is 2. The number of aryl methyl sites for hydroxylation is 1. The highest BCUT2D eigenvalue weighted by molar-refractivity contribution is 5.78. The van der Waals surface area contributed by atoms with Crippen LogP contribution in [0, 0.1) is 0 Å². The molecule has 2 N–H and O–H groups in total. The molecule has 1 unspecified atom stereocenters. The number of carbonyl (C=O) groups excluding carboxylic acids is 1. The van der Waals surface area contributed by atoms with Crippen molar-refractivity contribution in [1.82, 2.24) is 20.4 Å². The summed E-state index contributed by atoms with van der Waals surface area (Å²) < 4.78 is 1.78. The van der Waals surface area contributed by atoms with Crippen LogP contribution in [0.1, 0.15) is 25.8 Å². The van der Waals surface area contributed by atoms with E-state index in [1.807, 2.05) is 26.4 Å². The highest BCUT2D eigenvalue weighted by atomic mass is 16.1. The van der Waals surface area contributed by atoms with Gasteiger partial charge >= 0.3 is 0 Å². The second-order valence-electron chi connectivity index (χ2n) is 4.33. The smallest absolute Gasteiger partial charge is 0.234 e. The number of amides is 1. The lowest BCUT2D eigenvalue weighted by Crippen LogP contribution is -2.39. The van der Waals surface area contributed by atoms with Crippen molar-refractivity contribution < 1.29 is 4.79 Å². The minimum Gasteiger partial charge on any atom is -0.353 e. The van der Waals surface area contributed by atoms with Gasteiger partial charge in [0.2, 0.25) is 5.91 Å². The molecule has 5 nitrogen and oxygen atoms in total. The molecule has 0 fully saturated rings. The molecule has 0 bridgehead atoms. The number of nitrogens with one attached hydrogen (secondary N) is 2. The maximum atomic E-state index is 11.4. The van der Waals surface area contributed by atoms with E-state index in [9.17, 15) is 4.79 Å². The van der Waals surface area contributed by atoms with Crippen LogP contribution in [0.2, 0.25) is 0 Å². The first kappa shape index (κ1) is 13.7. The van der Waals surface area contributed by atoms with E-state index >= 15 is 0 Å². The van der Waals surface area contributed by atoms with Crippen LogP contribution < -0.4 is 10.6 Å². The zero-order valence-electron chi connectivity index (χ0n) is 10.9. The Morgan fingerprint density at radius 1 is 1.59 bits per heavy atom. The highest BCUT2D eigenvalue weighted by Gasteiger charge is 2.04. The maximum absolute atomic E-state index is 11.4. The third-order valence-corrected chi connectivity index (χ3v) is 2.65. The number of carbonyl (C=O) groups is 1. The lowest BCUT2D eigenvalue weighted by molar-refractivity contribution is -0.120. The summed E-state index contributed by atoms with van der Waals surface area (Å²) >= 11 is 0. The first-order valence-electron chi connectivity index (χ1n) is 6.09. The Kier molecular flexibility index (Phi) is 5.69. The Hall–Kier alpha value is -1.36. The molecule has 0 radical (unpaired) electrons. The van der Waals surface area contributed by atoms with Gasteiger partial charge in [-0.05, 0) is 31.9 Å². The Morgan fingerprint density at radius 3 is 2.94 bits per heavy atom. The zero-order valence-corrected chi connectivity index (χ0v) is 10.9. The van der Waals surface area contributed by atoms with Gasteiger partial charge in [-0.3, -0.25) is 9.48 Å². The summed E-state index contributed by atoms with van der Waals surface area (Å²) in [4.78, 5) is 11.4. The first-order chi connectivity index (χ1) is 8.11. The summed E-state index contributed by atoms with van der Waals surface area (Å²) in [6.07, 6.45) is 5.69. The molecule has 1 aromatic heterocycles. The van der Waals surface area contributed by atoms with E-state index in [0.717, 1.165) is 19.4 Å². The van der Waals surface area contributed by atoms with Crippen molar-refractivity contribution in [3.05, 3.63) is 18.0 Å². The van der Waals surface area contributed by atoms with E-state index in [-0.39, 0.29) is 11.9 Å². The minimum absolute atomic E-state index is 0.0607. The van der Waals surface area contributed by atoms with Crippen LogP contribution in [0.5, 0.6) is 0 Å². The summed E-state index contributed by atoms with van der Waals surface area (Å²) in [6, 6.07) is 0.252. The van der Waals surface area contributed by atoms with Gasteiger partial charge in [0.1, 0.15) is 0 Å². The Bertz CT molecular complexity index is 348. The van der Waals surface area contributed by atoms with E-state index in [0.29, 0.717) is 6.54 Å². The van der Waals surface area contributed by atoms with E-state index in [1.165, 1.54) is 5.56 Å². The van der Waals surface area contributed by atoms with Crippen molar-refractivity contribution >= 4 is 5.91 Å². The Balaban J connectivity index is 2.10. The average molecular weight is 238 g/mol. The summed E-state index contributed by atoms with van der Waals surface area (Å²) in [5.74, 6) is 0.0607. The fraction of sp³-hybridized carbons (Fsp3) is 0.667. The fourth-order valence-corrected chi connectivity index (χ4v) is 1.46. The van der Waals surface area contributed by atoms with Gasteiger partial charge in [-0.15, -0.1) is 0 Å². The molecule has 0 spiro atoms. The van der Waals surface area contributed by atoms with Crippen LogP contribution in [0.3, 0.4) is 0 Å². The number of nitrogens with zero attached hydrogens (tertiary/aromatic N) is 2. The minimum atomic E-state index is 0.0607. The van der Waals surface area contributed by atoms with Gasteiger partial charge in [0, 0.05) is 19.3 Å². The van der Waals surface area contributed by atoms with E-state index < -0.39 is 0 Å². The van der Waals surface area contributed by atoms with Crippen molar-refractivity contribution in [1.29, 1.82) is 0 Å². The van der Waals surface area contributed by atoms with Gasteiger partial charge in [-0.1, -0.05) is 6.92 Å². The maximum Gasteiger partial charge on any atom is 0.234 e. The standard InChI is InChI=1S/C12H22N4O/c1-4-10(2)15-12(17)8-13-6-5-11-7-14-16(3)9-11/h7,9-10,13H,4-6,8H2,1-3H3,(H,15,17). The summed E-state index contributed by atoms with van der Waals surface area (Å²) in [6.45, 7) is 5.23. The van der Waals surface area contributed by atoms with Gasteiger partial charge < -0.3 is 10.6 Å². The Labute approximate surface area is 103 Å². The second kappa shape index (κ2) is 7.06. The van der Waals surface area contributed by atoms with Gasteiger partial charge in [0.25, 0.3) is 0 Å². The molecule has 0 aliphatic carbocycles. The van der Waals surface area contributed by atoms with Crippen molar-refractivity contribution in [3.63, 3.8) is 0 Å². The molecule has 1 rings (SSSR count). The zero-order chi connectivity index (χ0) is 12.7. The van der Waals surface area contributed by atoms with Crippen LogP contribution in [0.15, 0.2) is 12.4 Å². The molecule has 1 atom stereocenters. The molecule has 96 valence electrons. The van der Waals surface area contributed by atoms with Crippen LogP contribution in [-0.4, -0.2) is 34.8 Å². The topological polar surface area (TPSA) is 59.0 Å². The lowest BCUT2D eigenvalue weighted by atomic mass is 10.2. The largest absolute Gasteiger partial charge is 0.353 e.